The van der Waals surface area contributed by atoms with Crippen LogP contribution in [0, 0.1) is 0 Å². The summed E-state index contributed by atoms with van der Waals surface area (Å²) >= 11 is 0. The lowest BCUT2D eigenvalue weighted by molar-refractivity contribution is 0.0709. The fourth-order valence-electron chi connectivity index (χ4n) is 3.50. The monoisotopic (exact) mass is 444 g/mol. The lowest BCUT2D eigenvalue weighted by Crippen LogP contribution is -2.47. The van der Waals surface area contributed by atoms with Gasteiger partial charge in [0.05, 0.1) is 5.75 Å². The van der Waals surface area contributed by atoms with Gasteiger partial charge in [0.15, 0.2) is 0 Å². The molecule has 1 saturated heterocycles. The van der Waals surface area contributed by atoms with Crippen molar-refractivity contribution in [1.29, 1.82) is 0 Å². The summed E-state index contributed by atoms with van der Waals surface area (Å²) in [6, 6.07) is 15.5. The number of para-hydroxylation sites is 1. The van der Waals surface area contributed by atoms with Crippen LogP contribution in [0.25, 0.3) is 0 Å². The van der Waals surface area contributed by atoms with Crippen LogP contribution >= 0.6 is 0 Å². The number of sulfonamides is 1. The number of nitrogens with zero attached hydrogens (tertiary/aromatic N) is 1. The fraction of sp³-hybridized carbons (Fsp3) is 0.364. The number of benzene rings is 2. The molecule has 31 heavy (non-hydrogen) atoms. The minimum atomic E-state index is -3.41. The third-order valence-corrected chi connectivity index (χ3v) is 6.50. The number of urea groups is 1. The molecule has 0 spiro atoms. The minimum Gasteiger partial charge on any atom is -0.338 e. The molecule has 2 aromatic carbocycles. The van der Waals surface area contributed by atoms with Crippen molar-refractivity contribution >= 4 is 33.3 Å². The summed E-state index contributed by atoms with van der Waals surface area (Å²) < 4.78 is 26.5. The maximum atomic E-state index is 12.9. The van der Waals surface area contributed by atoms with Gasteiger partial charge >= 0.3 is 6.03 Å². The number of nitrogens with one attached hydrogen (secondary N) is 3. The standard InChI is InChI=1S/C22H28N4O4S/c1-2-15-31(29,30)25-20-10-6-7-17(16-20)21(27)26-13-11-19(12-14-26)24-22(28)23-18-8-4-3-5-9-18/h3-10,16,19,25H,2,11-15H2,1H3,(H2,23,24,28). The first-order valence-electron chi connectivity index (χ1n) is 10.4. The SMILES string of the molecule is CCCS(=O)(=O)Nc1cccc(C(=O)N2CCC(NC(=O)Nc3ccccc3)CC2)c1. The zero-order valence-corrected chi connectivity index (χ0v) is 18.3. The van der Waals surface area contributed by atoms with Crippen LogP contribution in [0.4, 0.5) is 16.2 Å². The maximum absolute atomic E-state index is 12.9. The van der Waals surface area contributed by atoms with E-state index in [9.17, 15) is 18.0 Å². The van der Waals surface area contributed by atoms with Crippen molar-refractivity contribution in [3.63, 3.8) is 0 Å². The lowest BCUT2D eigenvalue weighted by atomic mass is 10.0. The van der Waals surface area contributed by atoms with Gasteiger partial charge in [-0.2, -0.15) is 0 Å². The molecule has 1 heterocycles. The Labute approximate surface area is 183 Å². The Morgan fingerprint density at radius 3 is 2.35 bits per heavy atom. The van der Waals surface area contributed by atoms with Crippen LogP contribution in [0.5, 0.6) is 0 Å². The molecule has 3 rings (SSSR count). The molecule has 1 aliphatic rings. The van der Waals surface area contributed by atoms with Gasteiger partial charge in [-0.25, -0.2) is 13.2 Å². The van der Waals surface area contributed by atoms with Crippen LogP contribution in [0.3, 0.4) is 0 Å². The van der Waals surface area contributed by atoms with Crippen LogP contribution in [0.15, 0.2) is 54.6 Å². The van der Waals surface area contributed by atoms with E-state index in [0.29, 0.717) is 43.6 Å². The molecule has 2 aromatic rings. The molecule has 0 aromatic heterocycles. The van der Waals surface area contributed by atoms with Crippen LogP contribution < -0.4 is 15.4 Å². The van der Waals surface area contributed by atoms with Gasteiger partial charge in [-0.05, 0) is 49.6 Å². The zero-order valence-electron chi connectivity index (χ0n) is 17.5. The third-order valence-electron chi connectivity index (χ3n) is 5.00. The largest absolute Gasteiger partial charge is 0.338 e. The summed E-state index contributed by atoms with van der Waals surface area (Å²) in [4.78, 5) is 26.7. The van der Waals surface area contributed by atoms with E-state index in [4.69, 9.17) is 0 Å². The van der Waals surface area contributed by atoms with Crippen molar-refractivity contribution in [2.24, 2.45) is 0 Å². The number of piperidine rings is 1. The zero-order chi connectivity index (χ0) is 22.3. The van der Waals surface area contributed by atoms with Gasteiger partial charge in [-0.1, -0.05) is 31.2 Å². The molecule has 8 nitrogen and oxygen atoms in total. The smallest absolute Gasteiger partial charge is 0.319 e. The van der Waals surface area contributed by atoms with Gasteiger partial charge in [-0.3, -0.25) is 9.52 Å². The van der Waals surface area contributed by atoms with Crippen molar-refractivity contribution < 1.29 is 18.0 Å². The van der Waals surface area contributed by atoms with E-state index in [1.807, 2.05) is 30.3 Å². The number of carbonyl (C=O) groups excluding carboxylic acids is 2. The number of hydrogen-bond acceptors (Lipinski definition) is 4. The molecule has 3 N–H and O–H groups in total. The van der Waals surface area contributed by atoms with Crippen molar-refractivity contribution in [3.8, 4) is 0 Å². The summed E-state index contributed by atoms with van der Waals surface area (Å²) in [6.45, 7) is 2.82. The number of anilines is 2. The number of carbonyl (C=O) groups is 2. The Bertz CT molecular complexity index is 1000. The summed E-state index contributed by atoms with van der Waals surface area (Å²) in [5.41, 5.74) is 1.54. The average Bonchev–Trinajstić information content (AvgIpc) is 2.74. The Morgan fingerprint density at radius 1 is 1.00 bits per heavy atom. The molecule has 9 heteroatoms. The van der Waals surface area contributed by atoms with E-state index in [1.165, 1.54) is 0 Å². The second kappa shape index (κ2) is 10.3. The molecule has 0 unspecified atom stereocenters. The quantitative estimate of drug-likeness (QED) is 0.609. The highest BCUT2D eigenvalue weighted by Crippen LogP contribution is 2.18. The third kappa shape index (κ3) is 6.71. The van der Waals surface area contributed by atoms with E-state index >= 15 is 0 Å². The molecule has 0 aliphatic carbocycles. The lowest BCUT2D eigenvalue weighted by Gasteiger charge is -2.32. The highest BCUT2D eigenvalue weighted by molar-refractivity contribution is 7.92. The second-order valence-corrected chi connectivity index (χ2v) is 9.37. The van der Waals surface area contributed by atoms with Gasteiger partial charge in [0, 0.05) is 36.1 Å². The fourth-order valence-corrected chi connectivity index (χ4v) is 4.62. The Hall–Kier alpha value is -3.07. The van der Waals surface area contributed by atoms with Gasteiger partial charge in [0.2, 0.25) is 10.0 Å². The average molecular weight is 445 g/mol. The maximum Gasteiger partial charge on any atom is 0.319 e. The molecule has 0 atom stereocenters. The molecule has 3 amide bonds. The van der Waals surface area contributed by atoms with Gasteiger partial charge in [-0.15, -0.1) is 0 Å². The van der Waals surface area contributed by atoms with E-state index in [1.54, 1.807) is 36.1 Å². The number of amides is 3. The van der Waals surface area contributed by atoms with Gasteiger partial charge in [0.25, 0.3) is 5.91 Å². The van der Waals surface area contributed by atoms with E-state index in [2.05, 4.69) is 15.4 Å². The Kier molecular flexibility index (Phi) is 7.51. The molecule has 166 valence electrons. The van der Waals surface area contributed by atoms with E-state index in [-0.39, 0.29) is 23.7 Å². The van der Waals surface area contributed by atoms with Gasteiger partial charge in [0.1, 0.15) is 0 Å². The molecule has 0 radical (unpaired) electrons. The first kappa shape index (κ1) is 22.6. The normalized spacial score (nSPS) is 14.7. The number of rotatable bonds is 7. The topological polar surface area (TPSA) is 108 Å². The first-order valence-corrected chi connectivity index (χ1v) is 12.0. The van der Waals surface area contributed by atoms with Gasteiger partial charge < -0.3 is 15.5 Å². The molecule has 1 fully saturated rings. The molecule has 0 bridgehead atoms. The van der Waals surface area contributed by atoms with Crippen molar-refractivity contribution in [2.75, 3.05) is 28.9 Å². The Morgan fingerprint density at radius 2 is 1.68 bits per heavy atom. The second-order valence-electron chi connectivity index (χ2n) is 7.53. The van der Waals surface area contributed by atoms with Crippen LogP contribution in [-0.4, -0.2) is 50.1 Å². The van der Waals surface area contributed by atoms with E-state index < -0.39 is 10.0 Å². The number of hydrogen-bond donors (Lipinski definition) is 3. The van der Waals surface area contributed by atoms with Crippen LogP contribution in [0.1, 0.15) is 36.5 Å². The van der Waals surface area contributed by atoms with Crippen LogP contribution in [0.2, 0.25) is 0 Å². The highest BCUT2D eigenvalue weighted by atomic mass is 32.2. The number of likely N-dealkylation sites (tertiary alicyclic amines) is 1. The predicted molar refractivity (Wildman–Crippen MR) is 122 cm³/mol. The predicted octanol–water partition coefficient (Wildman–Crippen LogP) is 3.26. The van der Waals surface area contributed by atoms with Crippen LogP contribution in [-0.2, 0) is 10.0 Å². The molecular weight excluding hydrogens is 416 g/mol. The summed E-state index contributed by atoms with van der Waals surface area (Å²) in [7, 11) is -3.41. The molecular formula is C22H28N4O4S. The summed E-state index contributed by atoms with van der Waals surface area (Å²) in [5, 5.41) is 5.74. The Balaban J connectivity index is 1.52. The van der Waals surface area contributed by atoms with Crippen molar-refractivity contribution in [2.45, 2.75) is 32.2 Å². The highest BCUT2D eigenvalue weighted by Gasteiger charge is 2.25. The minimum absolute atomic E-state index is 0.0139. The van der Waals surface area contributed by atoms with Crippen molar-refractivity contribution in [1.82, 2.24) is 10.2 Å². The van der Waals surface area contributed by atoms with Crippen molar-refractivity contribution in [3.05, 3.63) is 60.2 Å². The molecule has 0 saturated carbocycles. The summed E-state index contributed by atoms with van der Waals surface area (Å²) in [5.74, 6) is -0.118. The summed E-state index contributed by atoms with van der Waals surface area (Å²) in [6.07, 6.45) is 1.81. The molecule has 1 aliphatic heterocycles. The first-order chi connectivity index (χ1) is 14.9. The van der Waals surface area contributed by atoms with E-state index in [0.717, 1.165) is 5.69 Å².